The maximum absolute atomic E-state index is 11.9. The van der Waals surface area contributed by atoms with Crippen molar-refractivity contribution in [2.24, 2.45) is 5.41 Å². The second-order valence-electron chi connectivity index (χ2n) is 6.20. The predicted molar refractivity (Wildman–Crippen MR) is 74.6 cm³/mol. The van der Waals surface area contributed by atoms with Crippen LogP contribution in [0.5, 0.6) is 0 Å². The zero-order valence-corrected chi connectivity index (χ0v) is 11.5. The van der Waals surface area contributed by atoms with E-state index < -0.39 is 0 Å². The molecular formula is C15H22N2O. The molecular weight excluding hydrogens is 224 g/mol. The van der Waals surface area contributed by atoms with Gasteiger partial charge >= 0.3 is 0 Å². The number of rotatable bonds is 2. The van der Waals surface area contributed by atoms with Crippen LogP contribution in [-0.4, -0.2) is 12.5 Å². The highest BCUT2D eigenvalue weighted by Gasteiger charge is 2.16. The van der Waals surface area contributed by atoms with Gasteiger partial charge in [0.15, 0.2) is 0 Å². The highest BCUT2D eigenvalue weighted by Crippen LogP contribution is 2.22. The maximum Gasteiger partial charge on any atom is 0.224 e. The molecule has 1 aromatic rings. The Kier molecular flexibility index (Phi) is 3.71. The Balaban J connectivity index is 2.04. The highest BCUT2D eigenvalue weighted by atomic mass is 16.1. The van der Waals surface area contributed by atoms with E-state index in [-0.39, 0.29) is 11.3 Å². The van der Waals surface area contributed by atoms with E-state index in [1.165, 1.54) is 11.1 Å². The van der Waals surface area contributed by atoms with Gasteiger partial charge in [0.1, 0.15) is 0 Å². The van der Waals surface area contributed by atoms with E-state index in [4.69, 9.17) is 0 Å². The fourth-order valence-electron chi connectivity index (χ4n) is 2.25. The summed E-state index contributed by atoms with van der Waals surface area (Å²) in [5.74, 6) is 0.0891. The van der Waals surface area contributed by atoms with Crippen LogP contribution in [0.15, 0.2) is 18.2 Å². The summed E-state index contributed by atoms with van der Waals surface area (Å²) in [4.78, 5) is 11.9. The van der Waals surface area contributed by atoms with Crippen LogP contribution in [0, 0.1) is 5.41 Å². The Labute approximate surface area is 109 Å². The number of carbonyl (C=O) groups excluding carboxylic acids is 1. The molecule has 0 radical (unpaired) electrons. The van der Waals surface area contributed by atoms with Crippen molar-refractivity contribution in [1.29, 1.82) is 0 Å². The van der Waals surface area contributed by atoms with Gasteiger partial charge in [-0.2, -0.15) is 0 Å². The van der Waals surface area contributed by atoms with Crippen molar-refractivity contribution in [2.45, 2.75) is 40.2 Å². The van der Waals surface area contributed by atoms with Crippen LogP contribution in [0.2, 0.25) is 0 Å². The van der Waals surface area contributed by atoms with Crippen LogP contribution in [0.1, 0.15) is 38.3 Å². The van der Waals surface area contributed by atoms with E-state index >= 15 is 0 Å². The third-order valence-corrected chi connectivity index (χ3v) is 3.07. The Hall–Kier alpha value is -1.35. The summed E-state index contributed by atoms with van der Waals surface area (Å²) in [6, 6.07) is 6.22. The van der Waals surface area contributed by atoms with Crippen LogP contribution in [0.3, 0.4) is 0 Å². The molecule has 98 valence electrons. The minimum Gasteiger partial charge on any atom is -0.326 e. The molecule has 0 aliphatic carbocycles. The monoisotopic (exact) mass is 246 g/mol. The lowest BCUT2D eigenvalue weighted by Gasteiger charge is -2.20. The van der Waals surface area contributed by atoms with Crippen molar-refractivity contribution < 1.29 is 4.79 Å². The van der Waals surface area contributed by atoms with E-state index in [1.807, 2.05) is 6.07 Å². The Morgan fingerprint density at radius 1 is 1.33 bits per heavy atom. The van der Waals surface area contributed by atoms with Crippen molar-refractivity contribution in [2.75, 3.05) is 11.9 Å². The molecule has 18 heavy (non-hydrogen) atoms. The van der Waals surface area contributed by atoms with Gasteiger partial charge in [0.25, 0.3) is 0 Å². The van der Waals surface area contributed by atoms with Gasteiger partial charge in [0.05, 0.1) is 0 Å². The molecule has 0 aromatic heterocycles. The third-order valence-electron chi connectivity index (χ3n) is 3.07. The number of benzene rings is 1. The standard InChI is InChI=1S/C15H22N2O/c1-15(2,3)9-14(18)17-13-5-4-11-6-7-16-10-12(11)8-13/h4-5,8,16H,6-7,9-10H2,1-3H3,(H,17,18). The molecule has 1 amide bonds. The Morgan fingerprint density at radius 2 is 2.11 bits per heavy atom. The second-order valence-corrected chi connectivity index (χ2v) is 6.20. The summed E-state index contributed by atoms with van der Waals surface area (Å²) in [5.41, 5.74) is 3.63. The Bertz CT molecular complexity index is 446. The van der Waals surface area contributed by atoms with E-state index in [9.17, 15) is 4.79 Å². The van der Waals surface area contributed by atoms with Crippen molar-refractivity contribution >= 4 is 11.6 Å². The van der Waals surface area contributed by atoms with Crippen molar-refractivity contribution in [1.82, 2.24) is 5.32 Å². The molecule has 0 fully saturated rings. The topological polar surface area (TPSA) is 41.1 Å². The number of fused-ring (bicyclic) bond motifs is 1. The summed E-state index contributed by atoms with van der Waals surface area (Å²) in [7, 11) is 0. The number of hydrogen-bond acceptors (Lipinski definition) is 2. The zero-order chi connectivity index (χ0) is 13.2. The molecule has 2 N–H and O–H groups in total. The molecule has 0 spiro atoms. The molecule has 0 atom stereocenters. The smallest absolute Gasteiger partial charge is 0.224 e. The summed E-state index contributed by atoms with van der Waals surface area (Å²) < 4.78 is 0. The summed E-state index contributed by atoms with van der Waals surface area (Å²) in [6.45, 7) is 8.16. The lowest BCUT2D eigenvalue weighted by Crippen LogP contribution is -2.24. The summed E-state index contributed by atoms with van der Waals surface area (Å²) in [5, 5.41) is 6.33. The summed E-state index contributed by atoms with van der Waals surface area (Å²) >= 11 is 0. The quantitative estimate of drug-likeness (QED) is 0.842. The average Bonchev–Trinajstić information content (AvgIpc) is 2.26. The van der Waals surface area contributed by atoms with Crippen LogP contribution in [0.25, 0.3) is 0 Å². The van der Waals surface area contributed by atoms with Crippen molar-refractivity contribution in [3.63, 3.8) is 0 Å². The predicted octanol–water partition coefficient (Wildman–Crippen LogP) is 2.71. The first-order valence-corrected chi connectivity index (χ1v) is 6.56. The van der Waals surface area contributed by atoms with Gasteiger partial charge in [-0.3, -0.25) is 4.79 Å². The first-order chi connectivity index (χ1) is 8.44. The van der Waals surface area contributed by atoms with Gasteiger partial charge in [-0.15, -0.1) is 0 Å². The molecule has 1 heterocycles. The second kappa shape index (κ2) is 5.11. The van der Waals surface area contributed by atoms with Gasteiger partial charge < -0.3 is 10.6 Å². The molecule has 0 saturated heterocycles. The van der Waals surface area contributed by atoms with Crippen LogP contribution >= 0.6 is 0 Å². The lowest BCUT2D eigenvalue weighted by atomic mass is 9.92. The van der Waals surface area contributed by atoms with Crippen molar-refractivity contribution in [3.05, 3.63) is 29.3 Å². The van der Waals surface area contributed by atoms with E-state index in [0.29, 0.717) is 6.42 Å². The molecule has 0 bridgehead atoms. The fourth-order valence-corrected chi connectivity index (χ4v) is 2.25. The number of amides is 1. The third kappa shape index (κ3) is 3.57. The fraction of sp³-hybridized carbons (Fsp3) is 0.533. The van der Waals surface area contributed by atoms with E-state index in [0.717, 1.165) is 25.2 Å². The Morgan fingerprint density at radius 3 is 2.83 bits per heavy atom. The van der Waals surface area contributed by atoms with Crippen LogP contribution < -0.4 is 10.6 Å². The molecule has 0 saturated carbocycles. The number of anilines is 1. The number of carbonyl (C=O) groups is 1. The van der Waals surface area contributed by atoms with Crippen LogP contribution in [-0.2, 0) is 17.8 Å². The van der Waals surface area contributed by atoms with Gasteiger partial charge in [0.2, 0.25) is 5.91 Å². The minimum atomic E-state index is 0.0276. The molecule has 3 heteroatoms. The first kappa shape index (κ1) is 13.1. The van der Waals surface area contributed by atoms with Crippen LogP contribution in [0.4, 0.5) is 5.69 Å². The highest BCUT2D eigenvalue weighted by molar-refractivity contribution is 5.91. The summed E-state index contributed by atoms with van der Waals surface area (Å²) in [6.07, 6.45) is 1.62. The van der Waals surface area contributed by atoms with E-state index in [1.54, 1.807) is 0 Å². The molecule has 3 nitrogen and oxygen atoms in total. The molecule has 1 aliphatic heterocycles. The maximum atomic E-state index is 11.9. The van der Waals surface area contributed by atoms with Gasteiger partial charge in [-0.25, -0.2) is 0 Å². The molecule has 0 unspecified atom stereocenters. The SMILES string of the molecule is CC(C)(C)CC(=O)Nc1ccc2c(c1)CNCC2. The molecule has 1 aliphatic rings. The normalized spacial score (nSPS) is 15.1. The first-order valence-electron chi connectivity index (χ1n) is 6.56. The lowest BCUT2D eigenvalue weighted by molar-refractivity contribution is -0.117. The number of nitrogens with one attached hydrogen (secondary N) is 2. The molecule has 1 aromatic carbocycles. The minimum absolute atomic E-state index is 0.0276. The zero-order valence-electron chi connectivity index (χ0n) is 11.5. The number of hydrogen-bond donors (Lipinski definition) is 2. The molecule has 2 rings (SSSR count). The van der Waals surface area contributed by atoms with Crippen molar-refractivity contribution in [3.8, 4) is 0 Å². The average molecular weight is 246 g/mol. The van der Waals surface area contributed by atoms with E-state index in [2.05, 4.69) is 43.5 Å². The van der Waals surface area contributed by atoms with Gasteiger partial charge in [0, 0.05) is 18.7 Å². The van der Waals surface area contributed by atoms with Gasteiger partial charge in [-0.1, -0.05) is 26.8 Å². The largest absolute Gasteiger partial charge is 0.326 e. The van der Waals surface area contributed by atoms with Gasteiger partial charge in [-0.05, 0) is 41.6 Å².